The van der Waals surface area contributed by atoms with Gasteiger partial charge in [-0.3, -0.25) is 4.79 Å². The van der Waals surface area contributed by atoms with Gasteiger partial charge in [-0.05, 0) is 55.8 Å². The SMILES string of the molecule is CCOc1ccc(C2CCCN2C(=O)c2sc(-c3ccsc3)nc2C)cc1. The fourth-order valence-corrected chi connectivity index (χ4v) is 5.28. The number of thiophene rings is 1. The molecule has 1 aliphatic rings. The zero-order chi connectivity index (χ0) is 18.8. The first-order valence-corrected chi connectivity index (χ1v) is 11.0. The van der Waals surface area contributed by atoms with Crippen molar-refractivity contribution in [2.75, 3.05) is 13.2 Å². The molecule has 140 valence electrons. The van der Waals surface area contributed by atoms with E-state index in [9.17, 15) is 4.79 Å². The lowest BCUT2D eigenvalue weighted by molar-refractivity contribution is 0.0739. The van der Waals surface area contributed by atoms with Crippen LogP contribution in [0.5, 0.6) is 5.75 Å². The smallest absolute Gasteiger partial charge is 0.266 e. The fraction of sp³-hybridized carbons (Fsp3) is 0.333. The van der Waals surface area contributed by atoms with E-state index in [2.05, 4.69) is 28.6 Å². The molecule has 27 heavy (non-hydrogen) atoms. The number of rotatable bonds is 5. The predicted octanol–water partition coefficient (Wildman–Crippen LogP) is 5.56. The van der Waals surface area contributed by atoms with Crippen LogP contribution in [0.2, 0.25) is 0 Å². The third-order valence-electron chi connectivity index (χ3n) is 4.85. The van der Waals surface area contributed by atoms with Gasteiger partial charge in [0, 0.05) is 17.5 Å². The molecule has 4 nitrogen and oxygen atoms in total. The summed E-state index contributed by atoms with van der Waals surface area (Å²) in [6.07, 6.45) is 2.02. The second-order valence-corrected chi connectivity index (χ2v) is 8.38. The Bertz CT molecular complexity index is 916. The summed E-state index contributed by atoms with van der Waals surface area (Å²) in [6.45, 7) is 5.36. The van der Waals surface area contributed by atoms with Gasteiger partial charge < -0.3 is 9.64 Å². The Hall–Kier alpha value is -2.18. The molecule has 1 aliphatic heterocycles. The Balaban J connectivity index is 1.57. The number of carbonyl (C=O) groups is 1. The number of ether oxygens (including phenoxy) is 1. The minimum atomic E-state index is 0.0999. The molecule has 0 N–H and O–H groups in total. The van der Waals surface area contributed by atoms with Crippen LogP contribution < -0.4 is 4.74 Å². The number of carbonyl (C=O) groups excluding carboxylic acids is 1. The highest BCUT2D eigenvalue weighted by Crippen LogP contribution is 2.36. The van der Waals surface area contributed by atoms with Crippen molar-refractivity contribution < 1.29 is 9.53 Å². The van der Waals surface area contributed by atoms with Gasteiger partial charge in [0.25, 0.3) is 5.91 Å². The second-order valence-electron chi connectivity index (χ2n) is 6.60. The van der Waals surface area contributed by atoms with Gasteiger partial charge in [-0.2, -0.15) is 11.3 Å². The van der Waals surface area contributed by atoms with Crippen molar-refractivity contribution in [3.8, 4) is 16.3 Å². The summed E-state index contributed by atoms with van der Waals surface area (Å²) in [5, 5.41) is 5.04. The Kier molecular flexibility index (Phi) is 5.27. The van der Waals surface area contributed by atoms with Crippen LogP contribution in [0.25, 0.3) is 10.6 Å². The molecule has 3 aromatic rings. The van der Waals surface area contributed by atoms with Gasteiger partial charge in [-0.15, -0.1) is 11.3 Å². The van der Waals surface area contributed by atoms with Crippen molar-refractivity contribution in [1.29, 1.82) is 0 Å². The zero-order valence-electron chi connectivity index (χ0n) is 15.5. The van der Waals surface area contributed by atoms with E-state index in [1.165, 1.54) is 16.9 Å². The lowest BCUT2D eigenvalue weighted by Gasteiger charge is -2.25. The molecule has 2 aromatic heterocycles. The van der Waals surface area contributed by atoms with E-state index in [-0.39, 0.29) is 11.9 Å². The van der Waals surface area contributed by atoms with Gasteiger partial charge in [-0.1, -0.05) is 12.1 Å². The van der Waals surface area contributed by atoms with E-state index in [1.54, 1.807) is 11.3 Å². The Labute approximate surface area is 167 Å². The van der Waals surface area contributed by atoms with Crippen molar-refractivity contribution in [3.63, 3.8) is 0 Å². The molecular weight excluding hydrogens is 376 g/mol. The zero-order valence-corrected chi connectivity index (χ0v) is 17.1. The number of hydrogen-bond donors (Lipinski definition) is 0. The second kappa shape index (κ2) is 7.82. The van der Waals surface area contributed by atoms with Crippen LogP contribution in [0, 0.1) is 6.92 Å². The van der Waals surface area contributed by atoms with Gasteiger partial charge in [0.05, 0.1) is 18.3 Å². The summed E-state index contributed by atoms with van der Waals surface area (Å²) < 4.78 is 5.53. The highest BCUT2D eigenvalue weighted by Gasteiger charge is 2.32. The van der Waals surface area contributed by atoms with Crippen molar-refractivity contribution in [1.82, 2.24) is 9.88 Å². The minimum absolute atomic E-state index is 0.0999. The van der Waals surface area contributed by atoms with Crippen LogP contribution in [0.15, 0.2) is 41.1 Å². The topological polar surface area (TPSA) is 42.4 Å². The number of hydrogen-bond acceptors (Lipinski definition) is 5. The molecule has 1 saturated heterocycles. The molecule has 0 aliphatic carbocycles. The summed E-state index contributed by atoms with van der Waals surface area (Å²) in [5.41, 5.74) is 3.09. The van der Waals surface area contributed by atoms with Crippen LogP contribution >= 0.6 is 22.7 Å². The van der Waals surface area contributed by atoms with Gasteiger partial charge in [-0.25, -0.2) is 4.98 Å². The van der Waals surface area contributed by atoms with E-state index < -0.39 is 0 Å². The number of thiazole rings is 1. The molecular formula is C21H22N2O2S2. The molecule has 1 fully saturated rings. The average Bonchev–Trinajstić information content (AvgIpc) is 3.42. The van der Waals surface area contributed by atoms with Crippen molar-refractivity contribution >= 4 is 28.6 Å². The molecule has 1 unspecified atom stereocenters. The van der Waals surface area contributed by atoms with Gasteiger partial charge >= 0.3 is 0 Å². The van der Waals surface area contributed by atoms with Crippen LogP contribution in [-0.2, 0) is 0 Å². The molecule has 6 heteroatoms. The first kappa shape index (κ1) is 18.2. The largest absolute Gasteiger partial charge is 0.494 e. The maximum atomic E-state index is 13.3. The van der Waals surface area contributed by atoms with Gasteiger partial charge in [0.2, 0.25) is 0 Å². The minimum Gasteiger partial charge on any atom is -0.494 e. The summed E-state index contributed by atoms with van der Waals surface area (Å²) >= 11 is 3.15. The maximum Gasteiger partial charge on any atom is 0.266 e. The molecule has 3 heterocycles. The van der Waals surface area contributed by atoms with E-state index in [1.807, 2.05) is 36.3 Å². The highest BCUT2D eigenvalue weighted by atomic mass is 32.1. The summed E-state index contributed by atoms with van der Waals surface area (Å²) in [4.78, 5) is 20.7. The van der Waals surface area contributed by atoms with E-state index in [0.29, 0.717) is 6.61 Å². The summed E-state index contributed by atoms with van der Waals surface area (Å²) in [5.74, 6) is 0.971. The van der Waals surface area contributed by atoms with Gasteiger partial charge in [0.15, 0.2) is 0 Å². The monoisotopic (exact) mass is 398 g/mol. The number of aryl methyl sites for hydroxylation is 1. The number of nitrogens with zero attached hydrogens (tertiary/aromatic N) is 2. The Morgan fingerprint density at radius 3 is 2.81 bits per heavy atom. The van der Waals surface area contributed by atoms with Crippen molar-refractivity contribution in [3.05, 3.63) is 57.2 Å². The quantitative estimate of drug-likeness (QED) is 0.565. The van der Waals surface area contributed by atoms with E-state index in [4.69, 9.17) is 4.74 Å². The maximum absolute atomic E-state index is 13.3. The fourth-order valence-electron chi connectivity index (χ4n) is 3.54. The van der Waals surface area contributed by atoms with Crippen molar-refractivity contribution in [2.24, 2.45) is 0 Å². The molecule has 4 rings (SSSR count). The van der Waals surface area contributed by atoms with Crippen LogP contribution in [0.1, 0.15) is 46.7 Å². The Morgan fingerprint density at radius 1 is 1.30 bits per heavy atom. The van der Waals surface area contributed by atoms with E-state index in [0.717, 1.165) is 46.3 Å². The van der Waals surface area contributed by atoms with Crippen LogP contribution in [-0.4, -0.2) is 28.9 Å². The normalized spacial score (nSPS) is 16.7. The predicted molar refractivity (Wildman–Crippen MR) is 111 cm³/mol. The third kappa shape index (κ3) is 3.64. The lowest BCUT2D eigenvalue weighted by atomic mass is 10.0. The van der Waals surface area contributed by atoms with Crippen LogP contribution in [0.3, 0.4) is 0 Å². The molecule has 1 amide bonds. The number of amides is 1. The molecule has 0 spiro atoms. The Morgan fingerprint density at radius 2 is 2.11 bits per heavy atom. The van der Waals surface area contributed by atoms with E-state index >= 15 is 0 Å². The average molecular weight is 399 g/mol. The van der Waals surface area contributed by atoms with Crippen LogP contribution in [0.4, 0.5) is 0 Å². The van der Waals surface area contributed by atoms with Gasteiger partial charge in [0.1, 0.15) is 15.6 Å². The highest BCUT2D eigenvalue weighted by molar-refractivity contribution is 7.17. The summed E-state index contributed by atoms with van der Waals surface area (Å²) in [6, 6.07) is 10.3. The molecule has 1 atom stereocenters. The number of benzene rings is 1. The standard InChI is InChI=1S/C21H22N2O2S2/c1-3-25-17-8-6-15(7-9-17)18-5-4-11-23(18)21(24)19-14(2)22-20(27-19)16-10-12-26-13-16/h6-10,12-13,18H,3-5,11H2,1-2H3. The first-order valence-electron chi connectivity index (χ1n) is 9.21. The number of aromatic nitrogens is 1. The molecule has 0 saturated carbocycles. The third-order valence-corrected chi connectivity index (χ3v) is 6.73. The van der Waals surface area contributed by atoms with Crippen molar-refractivity contribution in [2.45, 2.75) is 32.7 Å². The molecule has 0 bridgehead atoms. The summed E-state index contributed by atoms with van der Waals surface area (Å²) in [7, 11) is 0. The number of likely N-dealkylation sites (tertiary alicyclic amines) is 1. The molecule has 1 aromatic carbocycles. The first-order chi connectivity index (χ1) is 13.2. The lowest BCUT2D eigenvalue weighted by Crippen LogP contribution is -2.30. The molecule has 0 radical (unpaired) electrons.